The van der Waals surface area contributed by atoms with Crippen molar-refractivity contribution >= 4 is 22.8 Å². The zero-order valence-corrected chi connectivity index (χ0v) is 26.5. The molecule has 0 unspecified atom stereocenters. The Bertz CT molecular complexity index is 831. The average Bonchev–Trinajstić information content (AvgIpc) is 2.72. The van der Waals surface area contributed by atoms with Crippen molar-refractivity contribution in [3.63, 3.8) is 0 Å². The Morgan fingerprint density at radius 2 is 0.829 bits per heavy atom. The van der Waals surface area contributed by atoms with Crippen LogP contribution in [0.25, 0.3) is 10.6 Å². The van der Waals surface area contributed by atoms with Gasteiger partial charge in [0.15, 0.2) is 0 Å². The van der Waals surface area contributed by atoms with E-state index in [0.29, 0.717) is 0 Å². The molecular formula is C28H40HfN4O2. The maximum absolute atomic E-state index is 10.8. The van der Waals surface area contributed by atoms with E-state index < -0.39 is 0 Å². The van der Waals surface area contributed by atoms with Gasteiger partial charge < -0.3 is 20.8 Å². The summed E-state index contributed by atoms with van der Waals surface area (Å²) in [6.07, 6.45) is 3.06. The van der Waals surface area contributed by atoms with Crippen LogP contribution in [0.1, 0.15) is 38.8 Å². The summed E-state index contributed by atoms with van der Waals surface area (Å²) >= 11 is 0. The second-order valence-electron chi connectivity index (χ2n) is 7.58. The quantitative estimate of drug-likeness (QED) is 0.234. The van der Waals surface area contributed by atoms with E-state index in [2.05, 4.69) is 20.6 Å². The zero-order chi connectivity index (χ0) is 26.5. The Kier molecular flexibility index (Phi) is 24.9. The fourth-order valence-electron chi connectivity index (χ4n) is 2.30. The summed E-state index contributed by atoms with van der Waals surface area (Å²) in [4.78, 5) is 8.56. The van der Waals surface area contributed by atoms with Gasteiger partial charge in [-0.25, -0.2) is 0 Å². The summed E-state index contributed by atoms with van der Waals surface area (Å²) in [5.41, 5.74) is 5.65. The summed E-state index contributed by atoms with van der Waals surface area (Å²) in [6.45, 7) is 10.7. The van der Waals surface area contributed by atoms with Crippen LogP contribution >= 0.6 is 0 Å². The monoisotopic (exact) mass is 644 g/mol. The minimum Gasteiger partial charge on any atom is -0.876 e. The molecule has 0 atom stereocenters. The predicted molar refractivity (Wildman–Crippen MR) is 146 cm³/mol. The topological polar surface area (TPSA) is 99.0 Å². The van der Waals surface area contributed by atoms with Crippen LogP contribution in [0.5, 0.6) is 0 Å². The standard InChI is InChI=1S/2C12H15NO.2C2H6N.Hf/c2*1-9-4-6-12(7-5-9)13-10(2)8-11(3)14;2*1-3-2;/h2*4-8,14H,1-3H3;2*1-2H3;/q;;2*-1;+4/p-2/b2*11-8-,13-10?;;;. The van der Waals surface area contributed by atoms with Crippen LogP contribution in [0.15, 0.2) is 82.2 Å². The second-order valence-corrected chi connectivity index (χ2v) is 7.58. The van der Waals surface area contributed by atoms with E-state index in [9.17, 15) is 10.2 Å². The van der Waals surface area contributed by atoms with Gasteiger partial charge in [0, 0.05) is 11.4 Å². The summed E-state index contributed by atoms with van der Waals surface area (Å²) in [7, 11) is 7.00. The third kappa shape index (κ3) is 24.6. The second kappa shape index (κ2) is 23.4. The molecule has 6 nitrogen and oxygen atoms in total. The molecule has 2 rings (SSSR count). The molecule has 2 aromatic carbocycles. The van der Waals surface area contributed by atoms with Gasteiger partial charge in [0.1, 0.15) is 0 Å². The van der Waals surface area contributed by atoms with E-state index >= 15 is 0 Å². The molecule has 0 aliphatic rings. The van der Waals surface area contributed by atoms with E-state index in [-0.39, 0.29) is 37.4 Å². The molecule has 188 valence electrons. The van der Waals surface area contributed by atoms with Crippen molar-refractivity contribution in [3.8, 4) is 0 Å². The molecule has 0 heterocycles. The van der Waals surface area contributed by atoms with Crippen molar-refractivity contribution in [2.24, 2.45) is 9.98 Å². The molecular weight excluding hydrogens is 603 g/mol. The first-order chi connectivity index (χ1) is 16.0. The maximum Gasteiger partial charge on any atom is 4.00 e. The number of aryl methyl sites for hydroxylation is 2. The number of aliphatic imine (C=N–C) groups is 2. The Balaban J connectivity index is -0.000000467. The molecule has 0 spiro atoms. The van der Waals surface area contributed by atoms with Gasteiger partial charge in [-0.3, -0.25) is 9.98 Å². The Hall–Kier alpha value is -2.35. The normalized spacial score (nSPS) is 11.5. The first-order valence-corrected chi connectivity index (χ1v) is 10.9. The smallest absolute Gasteiger partial charge is 0.876 e. The Labute approximate surface area is 231 Å². The third-order valence-corrected chi connectivity index (χ3v) is 3.50. The van der Waals surface area contributed by atoms with Crippen LogP contribution < -0.4 is 10.2 Å². The fourth-order valence-corrected chi connectivity index (χ4v) is 2.30. The largest absolute Gasteiger partial charge is 4.00 e. The summed E-state index contributed by atoms with van der Waals surface area (Å²) in [6, 6.07) is 15.7. The number of hydrogen-bond acceptors (Lipinski definition) is 4. The van der Waals surface area contributed by atoms with Crippen LogP contribution in [0.3, 0.4) is 0 Å². The third-order valence-electron chi connectivity index (χ3n) is 3.50. The number of allylic oxidation sites excluding steroid dienone is 4. The van der Waals surface area contributed by atoms with Crippen LogP contribution in [0, 0.1) is 13.8 Å². The van der Waals surface area contributed by atoms with Crippen LogP contribution in [0.4, 0.5) is 11.4 Å². The van der Waals surface area contributed by atoms with E-state index in [1.54, 1.807) is 28.2 Å². The van der Waals surface area contributed by atoms with Gasteiger partial charge in [0.25, 0.3) is 0 Å². The predicted octanol–water partition coefficient (Wildman–Crippen LogP) is 5.94. The van der Waals surface area contributed by atoms with E-state index in [1.165, 1.54) is 37.1 Å². The summed E-state index contributed by atoms with van der Waals surface area (Å²) in [5, 5.41) is 28.5. The van der Waals surface area contributed by atoms with Crippen molar-refractivity contribution < 1.29 is 36.1 Å². The van der Waals surface area contributed by atoms with Gasteiger partial charge in [-0.1, -0.05) is 61.4 Å². The minimum absolute atomic E-state index is 0. The molecule has 7 heteroatoms. The average molecular weight is 643 g/mol. The molecule has 0 saturated carbocycles. The SMILES string of the molecule is CC(/C=C(/C)[O-])=Nc1ccc(C)cc1.CC(/C=C(/C)[O-])=Nc1ccc(C)cc1.C[N-]C.C[N-]C.[Hf+4]. The summed E-state index contributed by atoms with van der Waals surface area (Å²) < 4.78 is 0. The molecule has 0 aliphatic carbocycles. The van der Waals surface area contributed by atoms with Crippen molar-refractivity contribution in [1.29, 1.82) is 0 Å². The molecule has 0 fully saturated rings. The molecule has 2 aromatic rings. The molecule has 0 saturated heterocycles. The van der Waals surface area contributed by atoms with Gasteiger partial charge in [0.2, 0.25) is 0 Å². The van der Waals surface area contributed by atoms with Crippen LogP contribution in [-0.4, -0.2) is 39.6 Å². The zero-order valence-electron chi connectivity index (χ0n) is 22.9. The van der Waals surface area contributed by atoms with Gasteiger partial charge in [0.05, 0.1) is 11.4 Å². The van der Waals surface area contributed by atoms with Crippen molar-refractivity contribution in [1.82, 2.24) is 0 Å². The Morgan fingerprint density at radius 3 is 1.03 bits per heavy atom. The Morgan fingerprint density at radius 1 is 0.600 bits per heavy atom. The molecule has 0 amide bonds. The molecule has 0 N–H and O–H groups in total. The van der Waals surface area contributed by atoms with Gasteiger partial charge in [-0.15, -0.1) is 11.5 Å². The molecule has 0 bridgehead atoms. The first-order valence-electron chi connectivity index (χ1n) is 10.9. The van der Waals surface area contributed by atoms with E-state index in [4.69, 9.17) is 0 Å². The van der Waals surface area contributed by atoms with Crippen molar-refractivity contribution in [2.45, 2.75) is 41.5 Å². The van der Waals surface area contributed by atoms with Gasteiger partial charge >= 0.3 is 25.8 Å². The van der Waals surface area contributed by atoms with Gasteiger partial charge in [-0.2, -0.15) is 28.2 Å². The van der Waals surface area contributed by atoms with E-state index in [1.807, 2.05) is 76.2 Å². The number of rotatable bonds is 4. The number of benzene rings is 2. The number of nitrogens with zero attached hydrogens (tertiary/aromatic N) is 4. The van der Waals surface area contributed by atoms with Crippen LogP contribution in [0.2, 0.25) is 0 Å². The van der Waals surface area contributed by atoms with Crippen molar-refractivity contribution in [3.05, 3.63) is 94.0 Å². The minimum atomic E-state index is 0. The maximum atomic E-state index is 10.8. The van der Waals surface area contributed by atoms with Crippen LogP contribution in [-0.2, 0) is 25.8 Å². The van der Waals surface area contributed by atoms with Crippen molar-refractivity contribution in [2.75, 3.05) is 28.2 Å². The fraction of sp³-hybridized carbons (Fsp3) is 0.357. The molecule has 0 aliphatic heterocycles. The molecule has 0 radical (unpaired) electrons. The first kappa shape index (κ1) is 37.2. The molecule has 35 heavy (non-hydrogen) atoms. The van der Waals surface area contributed by atoms with Gasteiger partial charge in [-0.05, 0) is 52.0 Å². The number of hydrogen-bond donors (Lipinski definition) is 0. The molecule has 0 aromatic heterocycles. The summed E-state index contributed by atoms with van der Waals surface area (Å²) in [5.74, 6) is 0.0525. The van der Waals surface area contributed by atoms with E-state index in [0.717, 1.165) is 22.8 Å².